The van der Waals surface area contributed by atoms with Crippen LogP contribution >= 0.6 is 23.2 Å². The number of aromatic nitrogens is 6. The van der Waals surface area contributed by atoms with Crippen LogP contribution in [-0.2, 0) is 0 Å². The predicted octanol–water partition coefficient (Wildman–Crippen LogP) is 2.68. The molecule has 1 atom stereocenters. The first kappa shape index (κ1) is 19.9. The minimum Gasteiger partial charge on any atom is -0.382 e. The van der Waals surface area contributed by atoms with Gasteiger partial charge in [0.1, 0.15) is 28.0 Å². The van der Waals surface area contributed by atoms with Crippen molar-refractivity contribution in [3.05, 3.63) is 56.6 Å². The number of aromatic amines is 1. The monoisotopic (exact) mass is 449 g/mol. The van der Waals surface area contributed by atoms with E-state index in [0.29, 0.717) is 5.69 Å². The number of nitrogens with one attached hydrogen (secondary N) is 2. The van der Waals surface area contributed by atoms with Crippen LogP contribution in [0.2, 0.25) is 10.0 Å². The lowest BCUT2D eigenvalue weighted by Crippen LogP contribution is -2.28. The Balaban J connectivity index is 1.95. The largest absolute Gasteiger partial charge is 0.382 e. The van der Waals surface area contributed by atoms with Gasteiger partial charge in [0.25, 0.3) is 5.56 Å². The Morgan fingerprint density at radius 3 is 2.70 bits per heavy atom. The molecule has 0 bridgehead atoms. The number of halogens is 3. The van der Waals surface area contributed by atoms with Crippen LogP contribution in [0.1, 0.15) is 18.8 Å². The molecule has 13 heteroatoms. The van der Waals surface area contributed by atoms with Crippen molar-refractivity contribution in [1.82, 2.24) is 29.7 Å². The number of fused-ring (bicyclic) bond motifs is 1. The van der Waals surface area contributed by atoms with Gasteiger partial charge in [0.15, 0.2) is 5.82 Å². The van der Waals surface area contributed by atoms with Gasteiger partial charge in [-0.05, 0) is 19.1 Å². The molecule has 0 aliphatic carbocycles. The van der Waals surface area contributed by atoms with Crippen LogP contribution in [0, 0.1) is 5.82 Å². The molecule has 0 amide bonds. The van der Waals surface area contributed by atoms with Gasteiger partial charge >= 0.3 is 0 Å². The molecule has 30 heavy (non-hydrogen) atoms. The number of nitrogens with zero attached hydrogens (tertiary/aromatic N) is 5. The first-order chi connectivity index (χ1) is 14.3. The summed E-state index contributed by atoms with van der Waals surface area (Å²) >= 11 is 12.3. The Morgan fingerprint density at radius 2 is 2.00 bits per heavy atom. The molecule has 0 aliphatic rings. The van der Waals surface area contributed by atoms with Crippen LogP contribution in [0.15, 0.2) is 29.3 Å². The standard InChI is InChI=1S/C17H14Cl2FN9O/c1-6(25-14-11(19)13(21)27-17(22)28-14)15-26-12-9(20)3-2-8(18)10(12)16(30)29(15)7-4-23-24-5-7/h2-6H,1H3,(H,23,24)(H5,21,22,25,27,28)/t6-/m0/s1. The van der Waals surface area contributed by atoms with E-state index >= 15 is 0 Å². The fourth-order valence-electron chi connectivity index (χ4n) is 2.99. The first-order valence-electron chi connectivity index (χ1n) is 8.52. The number of nitrogens with two attached hydrogens (primary N) is 2. The molecule has 4 rings (SSSR count). The van der Waals surface area contributed by atoms with E-state index in [0.717, 1.165) is 6.07 Å². The Hall–Kier alpha value is -3.44. The average Bonchev–Trinajstić information content (AvgIpc) is 3.22. The number of H-pyrrole nitrogens is 1. The molecule has 10 nitrogen and oxygen atoms in total. The van der Waals surface area contributed by atoms with E-state index in [4.69, 9.17) is 34.7 Å². The van der Waals surface area contributed by atoms with Gasteiger partial charge in [-0.2, -0.15) is 15.1 Å². The summed E-state index contributed by atoms with van der Waals surface area (Å²) in [5.74, 6) is -0.512. The average molecular weight is 450 g/mol. The summed E-state index contributed by atoms with van der Waals surface area (Å²) in [6, 6.07) is 1.75. The third-order valence-corrected chi connectivity index (χ3v) is 5.01. The Bertz CT molecular complexity index is 1320. The minimum atomic E-state index is -0.693. The zero-order valence-electron chi connectivity index (χ0n) is 15.3. The van der Waals surface area contributed by atoms with Gasteiger partial charge in [-0.15, -0.1) is 0 Å². The second kappa shape index (κ2) is 7.43. The molecule has 3 aromatic heterocycles. The van der Waals surface area contributed by atoms with Gasteiger partial charge in [-0.1, -0.05) is 23.2 Å². The van der Waals surface area contributed by atoms with Crippen molar-refractivity contribution < 1.29 is 4.39 Å². The fraction of sp³-hybridized carbons (Fsp3) is 0.118. The topological polar surface area (TPSA) is 153 Å². The molecule has 154 valence electrons. The Labute approximate surface area is 178 Å². The van der Waals surface area contributed by atoms with E-state index in [2.05, 4.69) is 30.5 Å². The third-order valence-electron chi connectivity index (χ3n) is 4.33. The summed E-state index contributed by atoms with van der Waals surface area (Å²) in [6.45, 7) is 1.68. The van der Waals surface area contributed by atoms with Crippen molar-refractivity contribution in [2.75, 3.05) is 16.8 Å². The van der Waals surface area contributed by atoms with Gasteiger partial charge < -0.3 is 16.8 Å². The fourth-order valence-corrected chi connectivity index (χ4v) is 3.36. The number of hydrogen-bond donors (Lipinski definition) is 4. The number of anilines is 3. The molecule has 0 unspecified atom stereocenters. The lowest BCUT2D eigenvalue weighted by atomic mass is 10.2. The third kappa shape index (κ3) is 3.27. The van der Waals surface area contributed by atoms with Crippen molar-refractivity contribution in [2.45, 2.75) is 13.0 Å². The van der Waals surface area contributed by atoms with E-state index < -0.39 is 17.4 Å². The molecule has 0 aliphatic heterocycles. The van der Waals surface area contributed by atoms with Crippen LogP contribution in [0.5, 0.6) is 0 Å². The lowest BCUT2D eigenvalue weighted by Gasteiger charge is -2.20. The summed E-state index contributed by atoms with van der Waals surface area (Å²) in [5, 5.41) is 9.55. The Morgan fingerprint density at radius 1 is 1.23 bits per heavy atom. The number of rotatable bonds is 4. The zero-order valence-corrected chi connectivity index (χ0v) is 16.8. The molecule has 3 heterocycles. The highest BCUT2D eigenvalue weighted by Gasteiger charge is 2.23. The highest BCUT2D eigenvalue weighted by atomic mass is 35.5. The highest BCUT2D eigenvalue weighted by Crippen LogP contribution is 2.30. The highest BCUT2D eigenvalue weighted by molar-refractivity contribution is 6.35. The first-order valence-corrected chi connectivity index (χ1v) is 9.28. The SMILES string of the molecule is C[C@H](Nc1nc(N)nc(N)c1Cl)c1nc2c(F)ccc(Cl)c2c(=O)n1-c1cn[nH]c1. The van der Waals surface area contributed by atoms with Crippen LogP contribution in [0.25, 0.3) is 16.6 Å². The molecule has 0 radical (unpaired) electrons. The molecule has 6 N–H and O–H groups in total. The predicted molar refractivity (Wildman–Crippen MR) is 112 cm³/mol. The summed E-state index contributed by atoms with van der Waals surface area (Å²) in [4.78, 5) is 25.4. The van der Waals surface area contributed by atoms with Crippen molar-refractivity contribution in [2.24, 2.45) is 0 Å². The van der Waals surface area contributed by atoms with Crippen LogP contribution in [0.3, 0.4) is 0 Å². The molecule has 0 spiro atoms. The quantitative estimate of drug-likeness (QED) is 0.370. The van der Waals surface area contributed by atoms with Gasteiger partial charge in [-0.25, -0.2) is 9.37 Å². The second-order valence-electron chi connectivity index (χ2n) is 6.32. The maximum atomic E-state index is 14.5. The maximum Gasteiger partial charge on any atom is 0.267 e. The van der Waals surface area contributed by atoms with E-state index in [-0.39, 0.29) is 44.4 Å². The summed E-state index contributed by atoms with van der Waals surface area (Å²) in [6.07, 6.45) is 2.91. The van der Waals surface area contributed by atoms with E-state index in [1.807, 2.05) is 0 Å². The maximum absolute atomic E-state index is 14.5. The van der Waals surface area contributed by atoms with Crippen molar-refractivity contribution >= 4 is 51.7 Å². The summed E-state index contributed by atoms with van der Waals surface area (Å²) in [7, 11) is 0. The lowest BCUT2D eigenvalue weighted by molar-refractivity contribution is 0.632. The van der Waals surface area contributed by atoms with Crippen molar-refractivity contribution in [3.8, 4) is 5.69 Å². The Kier molecular flexibility index (Phi) is 4.92. The molecule has 0 fully saturated rings. The second-order valence-corrected chi connectivity index (χ2v) is 7.10. The molecule has 4 aromatic rings. The molecule has 1 aromatic carbocycles. The molecule has 0 saturated carbocycles. The summed E-state index contributed by atoms with van der Waals surface area (Å²) < 4.78 is 15.7. The zero-order chi connectivity index (χ0) is 21.6. The molecular weight excluding hydrogens is 436 g/mol. The number of hydrogen-bond acceptors (Lipinski definition) is 8. The number of benzene rings is 1. The van der Waals surface area contributed by atoms with E-state index in [1.165, 1.54) is 23.0 Å². The number of nitrogen functional groups attached to an aromatic ring is 2. The van der Waals surface area contributed by atoms with Crippen molar-refractivity contribution in [1.29, 1.82) is 0 Å². The molecule has 0 saturated heterocycles. The van der Waals surface area contributed by atoms with E-state index in [1.54, 1.807) is 6.92 Å². The van der Waals surface area contributed by atoms with Crippen LogP contribution < -0.4 is 22.3 Å². The summed E-state index contributed by atoms with van der Waals surface area (Å²) in [5.41, 5.74) is 11.0. The van der Waals surface area contributed by atoms with Gasteiger partial charge in [0.05, 0.1) is 28.3 Å². The van der Waals surface area contributed by atoms with Gasteiger partial charge in [-0.3, -0.25) is 14.5 Å². The molecular formula is C17H14Cl2FN9O. The normalized spacial score (nSPS) is 12.3. The van der Waals surface area contributed by atoms with E-state index in [9.17, 15) is 9.18 Å². The minimum absolute atomic E-state index is 0.0182. The van der Waals surface area contributed by atoms with Crippen LogP contribution in [-0.4, -0.2) is 29.7 Å². The smallest absolute Gasteiger partial charge is 0.267 e. The van der Waals surface area contributed by atoms with Gasteiger partial charge in [0, 0.05) is 6.20 Å². The van der Waals surface area contributed by atoms with Gasteiger partial charge in [0.2, 0.25) is 5.95 Å². The van der Waals surface area contributed by atoms with Crippen LogP contribution in [0.4, 0.5) is 22.0 Å². The van der Waals surface area contributed by atoms with Crippen molar-refractivity contribution in [3.63, 3.8) is 0 Å².